The smallest absolute Gasteiger partial charge is 0.303 e. The Balaban J connectivity index is 2.56. The monoisotopic (exact) mass is 368 g/mol. The first-order chi connectivity index (χ1) is 12.3. The van der Waals surface area contributed by atoms with Crippen molar-refractivity contribution in [2.24, 2.45) is 11.8 Å². The zero-order chi connectivity index (χ0) is 19.6. The fraction of sp³-hybridized carbons (Fsp3) is 0.762. The Bertz CT molecular complexity index is 469. The summed E-state index contributed by atoms with van der Waals surface area (Å²) < 4.78 is 0. The third-order valence-electron chi connectivity index (χ3n) is 5.22. The van der Waals surface area contributed by atoms with Gasteiger partial charge in [0.05, 0.1) is 17.8 Å². The second-order valence-electron chi connectivity index (χ2n) is 7.78. The van der Waals surface area contributed by atoms with Gasteiger partial charge in [0.15, 0.2) is 0 Å². The predicted molar refractivity (Wildman–Crippen MR) is 103 cm³/mol. The molecule has 0 aromatic carbocycles. The van der Waals surface area contributed by atoms with Crippen molar-refractivity contribution in [3.05, 3.63) is 24.3 Å². The normalized spacial score (nSPS) is 28.8. The molecule has 0 aliphatic heterocycles. The number of hydrogen-bond acceptors (Lipinski definition) is 4. The van der Waals surface area contributed by atoms with Crippen molar-refractivity contribution in [3.63, 3.8) is 0 Å². The molecular formula is C21H36O5. The summed E-state index contributed by atoms with van der Waals surface area (Å²) in [6, 6.07) is 0. The quantitative estimate of drug-likeness (QED) is 0.312. The first kappa shape index (κ1) is 22.9. The molecule has 1 aliphatic carbocycles. The van der Waals surface area contributed by atoms with E-state index in [1.165, 1.54) is 0 Å². The number of carbonyl (C=O) groups is 1. The van der Waals surface area contributed by atoms with Gasteiger partial charge in [0.1, 0.15) is 0 Å². The van der Waals surface area contributed by atoms with Crippen molar-refractivity contribution in [2.45, 2.75) is 89.4 Å². The Morgan fingerprint density at radius 3 is 2.54 bits per heavy atom. The van der Waals surface area contributed by atoms with Crippen LogP contribution in [-0.2, 0) is 4.79 Å². The lowest BCUT2D eigenvalue weighted by atomic mass is 9.88. The van der Waals surface area contributed by atoms with Crippen LogP contribution >= 0.6 is 0 Å². The lowest BCUT2D eigenvalue weighted by molar-refractivity contribution is -0.137. The zero-order valence-electron chi connectivity index (χ0n) is 16.2. The van der Waals surface area contributed by atoms with E-state index in [9.17, 15) is 20.1 Å². The Morgan fingerprint density at radius 1 is 1.15 bits per heavy atom. The molecule has 1 rings (SSSR count). The molecule has 5 nitrogen and oxygen atoms in total. The van der Waals surface area contributed by atoms with E-state index in [1.54, 1.807) is 13.0 Å². The maximum Gasteiger partial charge on any atom is 0.303 e. The lowest BCUT2D eigenvalue weighted by Crippen LogP contribution is -2.24. The summed E-state index contributed by atoms with van der Waals surface area (Å²) in [7, 11) is 0. The van der Waals surface area contributed by atoms with Crippen molar-refractivity contribution < 1.29 is 25.2 Å². The molecule has 1 saturated carbocycles. The number of rotatable bonds is 12. The van der Waals surface area contributed by atoms with Crippen molar-refractivity contribution >= 4 is 5.97 Å². The van der Waals surface area contributed by atoms with Gasteiger partial charge in [0, 0.05) is 18.8 Å². The summed E-state index contributed by atoms with van der Waals surface area (Å²) >= 11 is 0. The highest BCUT2D eigenvalue weighted by atomic mass is 16.4. The highest BCUT2D eigenvalue weighted by molar-refractivity contribution is 5.66. The van der Waals surface area contributed by atoms with Crippen LogP contribution in [-0.4, -0.2) is 44.2 Å². The number of carboxylic acids is 1. The van der Waals surface area contributed by atoms with Crippen LogP contribution in [0.3, 0.4) is 0 Å². The number of allylic oxidation sites excluding steroid dienone is 2. The number of unbranched alkanes of at least 4 members (excludes halogenated alkanes) is 3. The fourth-order valence-electron chi connectivity index (χ4n) is 3.58. The third-order valence-corrected chi connectivity index (χ3v) is 5.22. The van der Waals surface area contributed by atoms with Gasteiger partial charge in [-0.05, 0) is 38.5 Å². The van der Waals surface area contributed by atoms with Crippen LogP contribution in [0.5, 0.6) is 0 Å². The first-order valence-corrected chi connectivity index (χ1v) is 9.91. The summed E-state index contributed by atoms with van der Waals surface area (Å²) in [5.74, 6) is -1.04. The molecule has 0 amide bonds. The molecule has 0 spiro atoms. The van der Waals surface area contributed by atoms with Crippen LogP contribution in [0.4, 0.5) is 0 Å². The van der Waals surface area contributed by atoms with E-state index in [-0.39, 0.29) is 18.3 Å². The molecule has 0 radical (unpaired) electrons. The van der Waals surface area contributed by atoms with Gasteiger partial charge in [-0.3, -0.25) is 4.79 Å². The molecule has 4 N–H and O–H groups in total. The number of aliphatic hydroxyl groups is 3. The van der Waals surface area contributed by atoms with Crippen LogP contribution in [0.1, 0.15) is 71.6 Å². The minimum Gasteiger partial charge on any atom is -0.481 e. The van der Waals surface area contributed by atoms with Crippen molar-refractivity contribution in [1.29, 1.82) is 0 Å². The molecule has 0 heterocycles. The standard InChI is InChI=1S/C21H36O5/c1-3-4-9-13-21(2,26)14-12-17-16(18(22)15-19(17)23)10-7-5-6-8-11-20(24)25/h5,7,12,14,16-19,22-23,26H,3-4,6,8-11,13,15H2,1-2H3,(H,24,25)/t16-,17-,18+,19+,21+/m1/s1. The first-order valence-electron chi connectivity index (χ1n) is 9.91. The highest BCUT2D eigenvalue weighted by Crippen LogP contribution is 2.37. The summed E-state index contributed by atoms with van der Waals surface area (Å²) in [6.45, 7) is 3.91. The number of hydrogen-bond donors (Lipinski definition) is 4. The number of carboxylic acid groups (broad SMARTS) is 1. The SMILES string of the molecule is CCCCC[C@](C)(O)C=C[C@@H]1[C@@H](CC=CCCCC(=O)O)[C@@H](O)C[C@@H]1O. The molecule has 0 saturated heterocycles. The minimum atomic E-state index is -0.889. The van der Waals surface area contributed by atoms with Crippen LogP contribution in [0.2, 0.25) is 0 Å². The van der Waals surface area contributed by atoms with Gasteiger partial charge in [0.25, 0.3) is 0 Å². The van der Waals surface area contributed by atoms with E-state index >= 15 is 0 Å². The Hall–Kier alpha value is -1.17. The molecule has 5 atom stereocenters. The molecule has 0 aromatic rings. The second-order valence-corrected chi connectivity index (χ2v) is 7.78. The van der Waals surface area contributed by atoms with Crippen molar-refractivity contribution in [3.8, 4) is 0 Å². The van der Waals surface area contributed by atoms with Gasteiger partial charge in [-0.15, -0.1) is 0 Å². The van der Waals surface area contributed by atoms with E-state index in [4.69, 9.17) is 5.11 Å². The third kappa shape index (κ3) is 8.47. The van der Waals surface area contributed by atoms with Gasteiger partial charge in [0.2, 0.25) is 0 Å². The summed E-state index contributed by atoms with van der Waals surface area (Å²) in [5.41, 5.74) is -0.889. The van der Waals surface area contributed by atoms with Crippen LogP contribution in [0, 0.1) is 11.8 Å². The van der Waals surface area contributed by atoms with Crippen LogP contribution < -0.4 is 0 Å². The Kier molecular flexibility index (Phi) is 10.1. The molecule has 26 heavy (non-hydrogen) atoms. The molecule has 150 valence electrons. The Labute approximate surface area is 157 Å². The minimum absolute atomic E-state index is 0.0802. The summed E-state index contributed by atoms with van der Waals surface area (Å²) in [4.78, 5) is 10.5. The van der Waals surface area contributed by atoms with Crippen molar-refractivity contribution in [2.75, 3.05) is 0 Å². The largest absolute Gasteiger partial charge is 0.481 e. The molecule has 0 unspecified atom stereocenters. The summed E-state index contributed by atoms with van der Waals surface area (Å²) in [6.07, 6.45) is 12.7. The van der Waals surface area contributed by atoms with Gasteiger partial charge in [-0.2, -0.15) is 0 Å². The predicted octanol–water partition coefficient (Wildman–Crippen LogP) is 3.43. The maximum absolute atomic E-state index is 10.5. The number of aliphatic hydroxyl groups excluding tert-OH is 2. The van der Waals surface area contributed by atoms with E-state index in [0.717, 1.165) is 19.3 Å². The average Bonchev–Trinajstić information content (AvgIpc) is 2.82. The molecule has 5 heteroatoms. The molecule has 1 aliphatic rings. The maximum atomic E-state index is 10.5. The Morgan fingerprint density at radius 2 is 1.88 bits per heavy atom. The van der Waals surface area contributed by atoms with Gasteiger partial charge >= 0.3 is 5.97 Å². The number of aliphatic carboxylic acids is 1. The van der Waals surface area contributed by atoms with Gasteiger partial charge in [-0.1, -0.05) is 50.5 Å². The fourth-order valence-corrected chi connectivity index (χ4v) is 3.58. The van der Waals surface area contributed by atoms with E-state index in [0.29, 0.717) is 32.1 Å². The van der Waals surface area contributed by atoms with Crippen molar-refractivity contribution in [1.82, 2.24) is 0 Å². The molecule has 1 fully saturated rings. The highest BCUT2D eigenvalue weighted by Gasteiger charge is 2.39. The molecule has 0 bridgehead atoms. The topological polar surface area (TPSA) is 98.0 Å². The van der Waals surface area contributed by atoms with E-state index < -0.39 is 23.8 Å². The molecular weight excluding hydrogens is 332 g/mol. The van der Waals surface area contributed by atoms with E-state index in [1.807, 2.05) is 18.2 Å². The average molecular weight is 369 g/mol. The zero-order valence-corrected chi connectivity index (χ0v) is 16.2. The van der Waals surface area contributed by atoms with Crippen LogP contribution in [0.25, 0.3) is 0 Å². The van der Waals surface area contributed by atoms with Crippen LogP contribution in [0.15, 0.2) is 24.3 Å². The van der Waals surface area contributed by atoms with Gasteiger partial charge < -0.3 is 20.4 Å². The second kappa shape index (κ2) is 11.5. The van der Waals surface area contributed by atoms with E-state index in [2.05, 4.69) is 6.92 Å². The lowest BCUT2D eigenvalue weighted by Gasteiger charge is -2.23. The van der Waals surface area contributed by atoms with Gasteiger partial charge in [-0.25, -0.2) is 0 Å². The molecule has 0 aromatic heterocycles. The summed E-state index contributed by atoms with van der Waals surface area (Å²) in [5, 5.41) is 39.6.